The van der Waals surface area contributed by atoms with Gasteiger partial charge in [-0.05, 0) is 23.6 Å². The Labute approximate surface area is 154 Å². The molecule has 4 N–H and O–H groups in total. The highest BCUT2D eigenvalue weighted by atomic mass is 35.5. The number of aliphatic imine (C=N–C) groups is 1. The van der Waals surface area contributed by atoms with Gasteiger partial charge in [0.05, 0.1) is 5.92 Å². The van der Waals surface area contributed by atoms with Crippen LogP contribution in [0, 0.1) is 0 Å². The molecule has 2 aromatic carbocycles. The fraction of sp³-hybridized carbons (Fsp3) is 0.176. The van der Waals surface area contributed by atoms with Crippen molar-refractivity contribution >= 4 is 24.3 Å². The van der Waals surface area contributed by atoms with Crippen molar-refractivity contribution in [3.05, 3.63) is 65.7 Å². The average molecular weight is 388 g/mol. The van der Waals surface area contributed by atoms with E-state index in [2.05, 4.69) is 9.73 Å². The number of nitrogens with two attached hydrogens (primary N) is 2. The molecule has 2 rings (SSSR count). The fourth-order valence-corrected chi connectivity index (χ4v) is 2.35. The predicted octanol–water partition coefficient (Wildman–Crippen LogP) is 3.13. The van der Waals surface area contributed by atoms with Crippen molar-refractivity contribution in [3.63, 3.8) is 0 Å². The van der Waals surface area contributed by atoms with Gasteiger partial charge in [0.1, 0.15) is 5.75 Å². The molecule has 1 amide bonds. The Morgan fingerprint density at radius 1 is 1.04 bits per heavy atom. The topological polar surface area (TPSA) is 90.7 Å². The number of rotatable bonds is 5. The summed E-state index contributed by atoms with van der Waals surface area (Å²) in [5.74, 6) is -2.27. The van der Waals surface area contributed by atoms with Gasteiger partial charge in [0.25, 0.3) is 5.91 Å². The second-order valence-electron chi connectivity index (χ2n) is 5.20. The molecular formula is C17H17ClF3N3O2. The first-order valence-electron chi connectivity index (χ1n) is 7.28. The molecule has 0 aliphatic carbocycles. The molecule has 0 radical (unpaired) electrons. The van der Waals surface area contributed by atoms with Crippen LogP contribution >= 0.6 is 12.4 Å². The Balaban J connectivity index is 0.00000338. The van der Waals surface area contributed by atoms with E-state index in [0.717, 1.165) is 0 Å². The van der Waals surface area contributed by atoms with Crippen molar-refractivity contribution in [2.45, 2.75) is 18.7 Å². The van der Waals surface area contributed by atoms with Crippen LogP contribution < -0.4 is 16.2 Å². The van der Waals surface area contributed by atoms with E-state index in [0.29, 0.717) is 5.56 Å². The average Bonchev–Trinajstić information content (AvgIpc) is 2.52. The number of carbonyl (C=O) groups excluding carboxylic acids is 1. The Bertz CT molecular complexity index is 763. The summed E-state index contributed by atoms with van der Waals surface area (Å²) in [6.07, 6.45) is -4.88. The SMILES string of the molecule is Cl.NC(N)=NC(=O)[C@H](Cc1ccccc1OC(F)(F)F)c1ccccc1. The molecule has 1 atom stereocenters. The standard InChI is InChI=1S/C17H16F3N3O2.ClH/c18-17(19,20)25-14-9-5-4-8-12(14)10-13(15(24)23-16(21)22)11-6-2-1-3-7-11;/h1-9,13H,10H2,(H4,21,22,23,24);1H/t13-;/m1./s1. The van der Waals surface area contributed by atoms with Gasteiger partial charge in [-0.1, -0.05) is 48.5 Å². The van der Waals surface area contributed by atoms with E-state index >= 15 is 0 Å². The third-order valence-electron chi connectivity index (χ3n) is 3.36. The van der Waals surface area contributed by atoms with Gasteiger partial charge in [0, 0.05) is 0 Å². The molecule has 0 heterocycles. The zero-order valence-corrected chi connectivity index (χ0v) is 14.3. The first kappa shape index (κ1) is 21.3. The minimum Gasteiger partial charge on any atom is -0.406 e. The summed E-state index contributed by atoms with van der Waals surface area (Å²) in [7, 11) is 0. The number of alkyl halides is 3. The van der Waals surface area contributed by atoms with Crippen LogP contribution in [0.1, 0.15) is 17.0 Å². The number of carbonyl (C=O) groups is 1. The van der Waals surface area contributed by atoms with Crippen molar-refractivity contribution in [2.24, 2.45) is 16.5 Å². The van der Waals surface area contributed by atoms with Crippen molar-refractivity contribution in [3.8, 4) is 5.75 Å². The van der Waals surface area contributed by atoms with Crippen LogP contribution in [0.2, 0.25) is 0 Å². The van der Waals surface area contributed by atoms with Crippen molar-refractivity contribution in [1.29, 1.82) is 0 Å². The molecule has 5 nitrogen and oxygen atoms in total. The fourth-order valence-electron chi connectivity index (χ4n) is 2.35. The van der Waals surface area contributed by atoms with Crippen LogP contribution in [0.3, 0.4) is 0 Å². The van der Waals surface area contributed by atoms with Crippen LogP contribution in [-0.2, 0) is 11.2 Å². The van der Waals surface area contributed by atoms with Gasteiger partial charge < -0.3 is 16.2 Å². The van der Waals surface area contributed by atoms with Gasteiger partial charge in [0.15, 0.2) is 5.96 Å². The van der Waals surface area contributed by atoms with E-state index in [1.807, 2.05) is 0 Å². The lowest BCUT2D eigenvalue weighted by Crippen LogP contribution is -2.26. The second-order valence-corrected chi connectivity index (χ2v) is 5.20. The highest BCUT2D eigenvalue weighted by molar-refractivity contribution is 5.95. The van der Waals surface area contributed by atoms with Gasteiger partial charge in [-0.15, -0.1) is 25.6 Å². The molecule has 0 saturated heterocycles. The number of benzene rings is 2. The third kappa shape index (κ3) is 6.29. The summed E-state index contributed by atoms with van der Waals surface area (Å²) in [4.78, 5) is 15.9. The number of halogens is 4. The Kier molecular flexibility index (Phi) is 7.45. The minimum atomic E-state index is -4.83. The van der Waals surface area contributed by atoms with Crippen LogP contribution in [0.15, 0.2) is 59.6 Å². The monoisotopic (exact) mass is 387 g/mol. The van der Waals surface area contributed by atoms with Crippen LogP contribution in [0.25, 0.3) is 0 Å². The molecule has 0 aliphatic heterocycles. The maximum atomic E-state index is 12.6. The summed E-state index contributed by atoms with van der Waals surface area (Å²) >= 11 is 0. The molecule has 0 unspecified atom stereocenters. The molecule has 0 fully saturated rings. The molecule has 26 heavy (non-hydrogen) atoms. The summed E-state index contributed by atoms with van der Waals surface area (Å²) in [6, 6.07) is 14.2. The summed E-state index contributed by atoms with van der Waals surface area (Å²) in [5.41, 5.74) is 11.3. The maximum Gasteiger partial charge on any atom is 0.573 e. The number of hydrogen-bond acceptors (Lipinski definition) is 2. The molecule has 0 saturated carbocycles. The zero-order valence-electron chi connectivity index (χ0n) is 13.4. The van der Waals surface area contributed by atoms with Crippen molar-refractivity contribution in [1.82, 2.24) is 0 Å². The lowest BCUT2D eigenvalue weighted by molar-refractivity contribution is -0.274. The predicted molar refractivity (Wildman–Crippen MR) is 94.1 cm³/mol. The smallest absolute Gasteiger partial charge is 0.406 e. The summed E-state index contributed by atoms with van der Waals surface area (Å²) in [5, 5.41) is 0. The van der Waals surface area contributed by atoms with Gasteiger partial charge in [-0.3, -0.25) is 4.79 Å². The van der Waals surface area contributed by atoms with Crippen molar-refractivity contribution in [2.75, 3.05) is 0 Å². The highest BCUT2D eigenvalue weighted by Crippen LogP contribution is 2.31. The van der Waals surface area contributed by atoms with E-state index in [9.17, 15) is 18.0 Å². The Morgan fingerprint density at radius 2 is 1.62 bits per heavy atom. The molecule has 9 heteroatoms. The lowest BCUT2D eigenvalue weighted by Gasteiger charge is -2.17. The zero-order chi connectivity index (χ0) is 18.4. The quantitative estimate of drug-likeness (QED) is 0.609. The van der Waals surface area contributed by atoms with Gasteiger partial charge in [-0.2, -0.15) is 4.99 Å². The van der Waals surface area contributed by atoms with Crippen LogP contribution in [-0.4, -0.2) is 18.2 Å². The number of para-hydroxylation sites is 1. The van der Waals surface area contributed by atoms with E-state index in [-0.39, 0.29) is 30.1 Å². The molecular weight excluding hydrogens is 371 g/mol. The maximum absolute atomic E-state index is 12.6. The first-order chi connectivity index (χ1) is 11.8. The van der Waals surface area contributed by atoms with Crippen molar-refractivity contribution < 1.29 is 22.7 Å². The first-order valence-corrected chi connectivity index (χ1v) is 7.28. The summed E-state index contributed by atoms with van der Waals surface area (Å²) in [6.45, 7) is 0. The minimum absolute atomic E-state index is 0. The number of guanidine groups is 1. The van der Waals surface area contributed by atoms with E-state index in [4.69, 9.17) is 11.5 Å². The Morgan fingerprint density at radius 3 is 2.19 bits per heavy atom. The molecule has 0 aromatic heterocycles. The van der Waals surface area contributed by atoms with Gasteiger partial charge >= 0.3 is 6.36 Å². The normalized spacial score (nSPS) is 11.8. The number of ether oxygens (including phenoxy) is 1. The molecule has 140 valence electrons. The van der Waals surface area contributed by atoms with E-state index in [1.54, 1.807) is 36.4 Å². The van der Waals surface area contributed by atoms with Gasteiger partial charge in [-0.25, -0.2) is 0 Å². The molecule has 0 spiro atoms. The Hall–Kier alpha value is -2.74. The molecule has 2 aromatic rings. The summed E-state index contributed by atoms with van der Waals surface area (Å²) < 4.78 is 41.7. The van der Waals surface area contributed by atoms with Gasteiger partial charge in [0.2, 0.25) is 0 Å². The highest BCUT2D eigenvalue weighted by Gasteiger charge is 2.32. The van der Waals surface area contributed by atoms with Crippen LogP contribution in [0.5, 0.6) is 5.75 Å². The van der Waals surface area contributed by atoms with Crippen LogP contribution in [0.4, 0.5) is 13.2 Å². The molecule has 0 bridgehead atoms. The molecule has 0 aliphatic rings. The second kappa shape index (κ2) is 9.10. The third-order valence-corrected chi connectivity index (χ3v) is 3.36. The van der Waals surface area contributed by atoms with E-state index < -0.39 is 24.1 Å². The number of hydrogen-bond donors (Lipinski definition) is 2. The lowest BCUT2D eigenvalue weighted by atomic mass is 9.91. The number of nitrogens with zero attached hydrogens (tertiary/aromatic N) is 1. The number of amides is 1. The largest absolute Gasteiger partial charge is 0.573 e. The van der Waals surface area contributed by atoms with E-state index in [1.165, 1.54) is 18.2 Å².